The number of benzene rings is 1. The van der Waals surface area contributed by atoms with Crippen LogP contribution in [0.1, 0.15) is 46.1 Å². The first-order valence-corrected chi connectivity index (χ1v) is 9.11. The van der Waals surface area contributed by atoms with Gasteiger partial charge in [-0.25, -0.2) is 9.50 Å². The van der Waals surface area contributed by atoms with Crippen molar-refractivity contribution in [1.29, 1.82) is 0 Å². The number of methoxy groups -OCH3 is 1. The number of aromatic nitrogens is 3. The van der Waals surface area contributed by atoms with E-state index in [1.165, 1.54) is 5.56 Å². The number of aliphatic hydroxyl groups excluding tert-OH is 1. The van der Waals surface area contributed by atoms with Gasteiger partial charge >= 0.3 is 0 Å². The van der Waals surface area contributed by atoms with Crippen molar-refractivity contribution in [3.8, 4) is 5.75 Å². The molecule has 7 heteroatoms. The second-order valence-corrected chi connectivity index (χ2v) is 6.75. The van der Waals surface area contributed by atoms with E-state index in [2.05, 4.69) is 15.4 Å². The molecule has 0 aliphatic heterocycles. The Morgan fingerprint density at radius 2 is 2.30 bits per heavy atom. The molecule has 2 heterocycles. The lowest BCUT2D eigenvalue weighted by atomic mass is 9.87. The van der Waals surface area contributed by atoms with Gasteiger partial charge in [0.2, 0.25) is 0 Å². The molecule has 3 aromatic rings. The Labute approximate surface area is 157 Å². The molecule has 0 saturated carbocycles. The van der Waals surface area contributed by atoms with Crippen LogP contribution in [0.15, 0.2) is 36.7 Å². The van der Waals surface area contributed by atoms with Crippen LogP contribution in [-0.2, 0) is 12.8 Å². The zero-order chi connectivity index (χ0) is 18.8. The van der Waals surface area contributed by atoms with Crippen molar-refractivity contribution < 1.29 is 14.6 Å². The number of rotatable bonds is 5. The highest BCUT2D eigenvalue weighted by Crippen LogP contribution is 2.32. The van der Waals surface area contributed by atoms with Crippen molar-refractivity contribution in [2.75, 3.05) is 13.7 Å². The summed E-state index contributed by atoms with van der Waals surface area (Å²) in [6, 6.07) is 7.65. The summed E-state index contributed by atoms with van der Waals surface area (Å²) in [5.41, 5.74) is 4.17. The van der Waals surface area contributed by atoms with Gasteiger partial charge < -0.3 is 15.2 Å². The number of amides is 1. The molecule has 1 aliphatic carbocycles. The van der Waals surface area contributed by atoms with Gasteiger partial charge in [-0.15, -0.1) is 0 Å². The minimum absolute atomic E-state index is 0.0325. The molecule has 0 unspecified atom stereocenters. The van der Waals surface area contributed by atoms with Gasteiger partial charge in [-0.05, 0) is 54.5 Å². The van der Waals surface area contributed by atoms with Crippen LogP contribution in [0, 0.1) is 0 Å². The fraction of sp³-hybridized carbons (Fsp3) is 0.350. The Morgan fingerprint density at radius 3 is 3.11 bits per heavy atom. The fourth-order valence-corrected chi connectivity index (χ4v) is 3.58. The van der Waals surface area contributed by atoms with Crippen molar-refractivity contribution in [2.24, 2.45) is 0 Å². The second-order valence-electron chi connectivity index (χ2n) is 6.75. The highest BCUT2D eigenvalue weighted by Gasteiger charge is 2.24. The minimum Gasteiger partial charge on any atom is -0.497 e. The summed E-state index contributed by atoms with van der Waals surface area (Å²) in [5.74, 6) is 0.628. The second kappa shape index (κ2) is 7.36. The lowest BCUT2D eigenvalue weighted by Gasteiger charge is -2.26. The van der Waals surface area contributed by atoms with Crippen LogP contribution in [0.4, 0.5) is 0 Å². The van der Waals surface area contributed by atoms with Crippen molar-refractivity contribution in [3.63, 3.8) is 0 Å². The number of aliphatic hydroxyl groups is 1. The van der Waals surface area contributed by atoms with Crippen LogP contribution in [0.25, 0.3) is 5.65 Å². The van der Waals surface area contributed by atoms with E-state index in [-0.39, 0.29) is 18.6 Å². The number of aryl methyl sites for hydroxylation is 1. The largest absolute Gasteiger partial charge is 0.497 e. The summed E-state index contributed by atoms with van der Waals surface area (Å²) in [6.07, 6.45) is 6.90. The topological polar surface area (TPSA) is 88.8 Å². The predicted octanol–water partition coefficient (Wildman–Crippen LogP) is 2.08. The van der Waals surface area contributed by atoms with E-state index < -0.39 is 0 Å². The zero-order valence-electron chi connectivity index (χ0n) is 15.2. The van der Waals surface area contributed by atoms with E-state index in [9.17, 15) is 4.79 Å². The van der Waals surface area contributed by atoms with Gasteiger partial charge in [-0.2, -0.15) is 5.10 Å². The molecule has 0 bridgehead atoms. The average molecular weight is 366 g/mol. The first kappa shape index (κ1) is 17.5. The van der Waals surface area contributed by atoms with Crippen LogP contribution < -0.4 is 10.1 Å². The van der Waals surface area contributed by atoms with Crippen LogP contribution in [-0.4, -0.2) is 39.3 Å². The number of carbonyl (C=O) groups is 1. The van der Waals surface area contributed by atoms with Crippen molar-refractivity contribution in [1.82, 2.24) is 19.9 Å². The molecule has 2 N–H and O–H groups in total. The van der Waals surface area contributed by atoms with Gasteiger partial charge in [0.15, 0.2) is 11.3 Å². The maximum absolute atomic E-state index is 12.7. The molecule has 0 spiro atoms. The molecule has 1 amide bonds. The number of hydrogen-bond donors (Lipinski definition) is 2. The normalized spacial score (nSPS) is 16.1. The maximum Gasteiger partial charge on any atom is 0.272 e. The Bertz CT molecular complexity index is 983. The Morgan fingerprint density at radius 1 is 1.41 bits per heavy atom. The Kier molecular flexibility index (Phi) is 4.77. The van der Waals surface area contributed by atoms with E-state index in [1.807, 2.05) is 18.2 Å². The lowest BCUT2D eigenvalue weighted by Crippen LogP contribution is -2.31. The van der Waals surface area contributed by atoms with Gasteiger partial charge in [0.1, 0.15) is 5.75 Å². The molecule has 0 radical (unpaired) electrons. The summed E-state index contributed by atoms with van der Waals surface area (Å²) in [7, 11) is 1.66. The van der Waals surface area contributed by atoms with Crippen LogP contribution >= 0.6 is 0 Å². The molecule has 0 saturated heterocycles. The summed E-state index contributed by atoms with van der Waals surface area (Å²) < 4.78 is 6.89. The Balaban J connectivity index is 1.55. The van der Waals surface area contributed by atoms with Gasteiger partial charge in [0, 0.05) is 25.1 Å². The number of ether oxygens (including phenoxy) is 1. The quantitative estimate of drug-likeness (QED) is 0.722. The average Bonchev–Trinajstić information content (AvgIpc) is 3.11. The smallest absolute Gasteiger partial charge is 0.272 e. The predicted molar refractivity (Wildman–Crippen MR) is 99.9 cm³/mol. The third-order valence-corrected chi connectivity index (χ3v) is 4.97. The minimum atomic E-state index is -0.210. The van der Waals surface area contributed by atoms with E-state index in [0.29, 0.717) is 17.8 Å². The van der Waals surface area contributed by atoms with Gasteiger partial charge in [0.05, 0.1) is 13.2 Å². The first-order valence-electron chi connectivity index (χ1n) is 9.11. The molecular formula is C20H22N4O3. The van der Waals surface area contributed by atoms with Gasteiger partial charge in [0.25, 0.3) is 5.91 Å². The fourth-order valence-electron chi connectivity index (χ4n) is 3.58. The highest BCUT2D eigenvalue weighted by molar-refractivity contribution is 5.93. The summed E-state index contributed by atoms with van der Waals surface area (Å²) in [4.78, 5) is 17.0. The van der Waals surface area contributed by atoms with E-state index in [1.54, 1.807) is 30.1 Å². The van der Waals surface area contributed by atoms with Gasteiger partial charge in [-0.3, -0.25) is 4.79 Å². The molecule has 140 valence electrons. The first-order chi connectivity index (χ1) is 13.2. The van der Waals surface area contributed by atoms with E-state index >= 15 is 0 Å². The number of carbonyl (C=O) groups excluding carboxylic acids is 1. The van der Waals surface area contributed by atoms with E-state index in [4.69, 9.17) is 9.84 Å². The number of nitrogens with one attached hydrogen (secondary N) is 1. The van der Waals surface area contributed by atoms with Crippen LogP contribution in [0.3, 0.4) is 0 Å². The molecule has 1 aromatic carbocycles. The summed E-state index contributed by atoms with van der Waals surface area (Å²) in [5, 5.41) is 16.5. The molecular weight excluding hydrogens is 344 g/mol. The number of hydrogen-bond acceptors (Lipinski definition) is 5. The van der Waals surface area contributed by atoms with Crippen molar-refractivity contribution in [2.45, 2.75) is 31.7 Å². The van der Waals surface area contributed by atoms with Crippen molar-refractivity contribution in [3.05, 3.63) is 59.0 Å². The molecule has 1 aliphatic rings. The monoisotopic (exact) mass is 366 g/mol. The molecule has 4 rings (SSSR count). The standard InChI is InChI=1S/C20H22N4O3/c1-27-15-5-6-16-14(9-15)3-2-4-17(16)22-20(26)18-10-19-21-11-13(7-8-25)12-24(19)23-18/h5-6,9-12,17,25H,2-4,7-8H2,1H3,(H,22,26)/t17-/m1/s1. The number of fused-ring (bicyclic) bond motifs is 2. The third-order valence-electron chi connectivity index (χ3n) is 4.97. The summed E-state index contributed by atoms with van der Waals surface area (Å²) >= 11 is 0. The third kappa shape index (κ3) is 3.50. The highest BCUT2D eigenvalue weighted by atomic mass is 16.5. The van der Waals surface area contributed by atoms with Crippen molar-refractivity contribution >= 4 is 11.6 Å². The van der Waals surface area contributed by atoms with Gasteiger partial charge in [-0.1, -0.05) is 6.07 Å². The maximum atomic E-state index is 12.7. The van der Waals surface area contributed by atoms with E-state index in [0.717, 1.165) is 36.1 Å². The summed E-state index contributed by atoms with van der Waals surface area (Å²) in [6.45, 7) is 0.0493. The molecule has 7 nitrogen and oxygen atoms in total. The molecule has 0 fully saturated rings. The molecule has 27 heavy (non-hydrogen) atoms. The number of nitrogens with zero attached hydrogens (tertiary/aromatic N) is 3. The van der Waals surface area contributed by atoms with Crippen LogP contribution in [0.5, 0.6) is 5.75 Å². The SMILES string of the molecule is COc1ccc2c(c1)CCC[C@H]2NC(=O)c1cc2ncc(CCO)cn2n1. The molecule has 2 aromatic heterocycles. The lowest BCUT2D eigenvalue weighted by molar-refractivity contribution is 0.0927. The Hall–Kier alpha value is -2.93. The molecule has 1 atom stereocenters. The zero-order valence-corrected chi connectivity index (χ0v) is 15.2. The van der Waals surface area contributed by atoms with Crippen LogP contribution in [0.2, 0.25) is 0 Å².